The van der Waals surface area contributed by atoms with Gasteiger partial charge in [-0.25, -0.2) is 4.57 Å². The van der Waals surface area contributed by atoms with Crippen LogP contribution in [0.3, 0.4) is 0 Å². The van der Waals surface area contributed by atoms with Crippen LogP contribution in [0.5, 0.6) is 0 Å². The van der Waals surface area contributed by atoms with Crippen LogP contribution >= 0.6 is 7.82 Å². The summed E-state index contributed by atoms with van der Waals surface area (Å²) in [6.07, 6.45) is 32.3. The number of phosphoric acid groups is 1. The van der Waals surface area contributed by atoms with Gasteiger partial charge in [0.2, 0.25) is 0 Å². The number of ether oxygens (including phenoxy) is 2. The Balaban J connectivity index is 4.46. The van der Waals surface area contributed by atoms with Gasteiger partial charge in [-0.05, 0) is 57.8 Å². The van der Waals surface area contributed by atoms with E-state index in [1.165, 1.54) is 19.3 Å². The molecule has 0 aliphatic heterocycles. The second-order valence-electron chi connectivity index (χ2n) is 11.9. The van der Waals surface area contributed by atoms with Crippen molar-refractivity contribution in [1.82, 2.24) is 0 Å². The number of aliphatic hydroxyl groups is 2. The molecule has 0 aromatic heterocycles. The maximum atomic E-state index is 12.5. The van der Waals surface area contributed by atoms with Gasteiger partial charge < -0.3 is 24.6 Å². The number of unbranched alkanes of at least 4 members (excludes halogenated alkanes) is 13. The molecule has 3 N–H and O–H groups in total. The predicted octanol–water partition coefficient (Wildman–Crippen LogP) is 8.60. The fourth-order valence-corrected chi connectivity index (χ4v) is 5.25. The van der Waals surface area contributed by atoms with E-state index in [1.807, 2.05) is 24.3 Å². The topological polar surface area (TPSA) is 149 Å². The zero-order valence-corrected chi connectivity index (χ0v) is 30.6. The van der Waals surface area contributed by atoms with Crippen molar-refractivity contribution < 1.29 is 47.8 Å². The number of allylic oxidation sites excluding steroid dienone is 8. The molecule has 2 unspecified atom stereocenters. The highest BCUT2D eigenvalue weighted by Gasteiger charge is 2.27. The average Bonchev–Trinajstić information content (AvgIpc) is 3.07. The minimum Gasteiger partial charge on any atom is -0.462 e. The van der Waals surface area contributed by atoms with Crippen LogP contribution in [0.2, 0.25) is 0 Å². The monoisotopic (exact) mass is 700 g/mol. The fraction of sp³-hybridized carbons (Fsp3) is 0.730. The molecule has 0 aliphatic carbocycles. The lowest BCUT2D eigenvalue weighted by Crippen LogP contribution is -2.29. The molecule has 0 spiro atoms. The second kappa shape index (κ2) is 33.4. The number of esters is 2. The van der Waals surface area contributed by atoms with E-state index in [4.69, 9.17) is 19.1 Å². The quantitative estimate of drug-likeness (QED) is 0.0200. The summed E-state index contributed by atoms with van der Waals surface area (Å²) in [5, 5.41) is 18.2. The number of hydrogen-bond acceptors (Lipinski definition) is 9. The third kappa shape index (κ3) is 32.5. The maximum absolute atomic E-state index is 12.5. The summed E-state index contributed by atoms with van der Waals surface area (Å²) in [7, 11) is -4.62. The lowest BCUT2D eigenvalue weighted by molar-refractivity contribution is -0.161. The van der Waals surface area contributed by atoms with E-state index in [1.54, 1.807) is 0 Å². The molecule has 0 amide bonds. The normalized spacial score (nSPS) is 14.7. The molecule has 11 heteroatoms. The number of hydrogen-bond donors (Lipinski definition) is 3. The van der Waals surface area contributed by atoms with Crippen LogP contribution in [0.4, 0.5) is 0 Å². The Morgan fingerprint density at radius 3 is 1.77 bits per heavy atom. The molecule has 0 heterocycles. The molecule has 0 fully saturated rings. The van der Waals surface area contributed by atoms with Crippen molar-refractivity contribution >= 4 is 19.8 Å². The van der Waals surface area contributed by atoms with Crippen LogP contribution in [0.25, 0.3) is 0 Å². The van der Waals surface area contributed by atoms with Gasteiger partial charge in [-0.3, -0.25) is 18.6 Å². The minimum absolute atomic E-state index is 0.158. The summed E-state index contributed by atoms with van der Waals surface area (Å²) in [6.45, 7) is 2.15. The molecular formula is C37H65O10P. The molecule has 0 aliphatic rings. The van der Waals surface area contributed by atoms with Crippen molar-refractivity contribution in [3.8, 4) is 0 Å². The van der Waals surface area contributed by atoms with Gasteiger partial charge in [0.25, 0.3) is 0 Å². The van der Waals surface area contributed by atoms with E-state index >= 15 is 0 Å². The first-order valence-corrected chi connectivity index (χ1v) is 19.6. The first kappa shape index (κ1) is 45.9. The second-order valence-corrected chi connectivity index (χ2v) is 13.4. The van der Waals surface area contributed by atoms with Gasteiger partial charge in [-0.1, -0.05) is 114 Å². The van der Waals surface area contributed by atoms with Gasteiger partial charge >= 0.3 is 19.8 Å². The van der Waals surface area contributed by atoms with Crippen molar-refractivity contribution in [3.05, 3.63) is 48.6 Å². The highest BCUT2D eigenvalue weighted by Crippen LogP contribution is 2.43. The Labute approximate surface area is 290 Å². The number of aliphatic hydroxyl groups excluding tert-OH is 2. The number of phosphoric ester groups is 1. The van der Waals surface area contributed by atoms with Crippen molar-refractivity contribution in [2.75, 3.05) is 26.4 Å². The third-order valence-electron chi connectivity index (χ3n) is 7.28. The van der Waals surface area contributed by atoms with Gasteiger partial charge in [-0.2, -0.15) is 0 Å². The predicted molar refractivity (Wildman–Crippen MR) is 191 cm³/mol. The fourth-order valence-electron chi connectivity index (χ4n) is 4.46. The van der Waals surface area contributed by atoms with Crippen LogP contribution in [0.1, 0.15) is 136 Å². The molecule has 0 saturated carbocycles. The smallest absolute Gasteiger partial charge is 0.462 e. The van der Waals surface area contributed by atoms with Crippen LogP contribution in [0, 0.1) is 0 Å². The average molecular weight is 701 g/mol. The van der Waals surface area contributed by atoms with Crippen LogP contribution in [-0.2, 0) is 32.7 Å². The molecule has 0 rings (SSSR count). The van der Waals surface area contributed by atoms with Gasteiger partial charge in [0.15, 0.2) is 6.10 Å². The zero-order chi connectivity index (χ0) is 35.6. The SMILES string of the molecule is CC/C=C/C=C/C=C/CCCCCCCC(=O)OC(COC(=O)CCCCCCC/C=C/CCCCC)COP(=O)(O)OC[C@@H](O)CO. The number of rotatable bonds is 33. The molecule has 3 atom stereocenters. The third-order valence-corrected chi connectivity index (χ3v) is 8.23. The Hall–Kier alpha value is -2.07. The minimum atomic E-state index is -4.62. The molecule has 278 valence electrons. The van der Waals surface area contributed by atoms with Crippen molar-refractivity contribution in [2.45, 2.75) is 148 Å². The largest absolute Gasteiger partial charge is 0.472 e. The standard InChI is InChI=1S/C37H65O10P/c1-3-5-7-9-11-13-15-17-19-21-23-25-27-29-37(41)47-35(33-46-48(42,43)45-31-34(39)30-38)32-44-36(40)28-26-24-22-20-18-16-14-12-10-8-6-4-2/h5,7,9,11-15,34-35,38-39H,3-4,6,8,10,16-33H2,1-2H3,(H,42,43)/b7-5+,11-9+,14-12+,15-13+/t34-,35?/m0/s1. The van der Waals surface area contributed by atoms with Gasteiger partial charge in [0, 0.05) is 12.8 Å². The summed E-state index contributed by atoms with van der Waals surface area (Å²) < 4.78 is 32.5. The van der Waals surface area contributed by atoms with Crippen LogP contribution < -0.4 is 0 Å². The maximum Gasteiger partial charge on any atom is 0.472 e. The molecular weight excluding hydrogens is 635 g/mol. The van der Waals surface area contributed by atoms with E-state index in [9.17, 15) is 24.2 Å². The van der Waals surface area contributed by atoms with Crippen molar-refractivity contribution in [3.63, 3.8) is 0 Å². The number of carbonyl (C=O) groups is 2. The Morgan fingerprint density at radius 1 is 0.646 bits per heavy atom. The van der Waals surface area contributed by atoms with E-state index in [2.05, 4.69) is 42.7 Å². The molecule has 48 heavy (non-hydrogen) atoms. The Bertz CT molecular complexity index is 946. The van der Waals surface area contributed by atoms with Crippen molar-refractivity contribution in [2.24, 2.45) is 0 Å². The van der Waals surface area contributed by atoms with Crippen LogP contribution in [0.15, 0.2) is 48.6 Å². The molecule has 0 bridgehead atoms. The lowest BCUT2D eigenvalue weighted by atomic mass is 10.1. The van der Waals surface area contributed by atoms with Gasteiger partial charge in [0.05, 0.1) is 19.8 Å². The molecule has 0 saturated heterocycles. The summed E-state index contributed by atoms with van der Waals surface area (Å²) in [5.41, 5.74) is 0. The molecule has 10 nitrogen and oxygen atoms in total. The molecule has 0 radical (unpaired) electrons. The highest BCUT2D eigenvalue weighted by molar-refractivity contribution is 7.47. The summed E-state index contributed by atoms with van der Waals surface area (Å²) in [6, 6.07) is 0. The van der Waals surface area contributed by atoms with Crippen LogP contribution in [-0.4, -0.2) is 65.7 Å². The first-order chi connectivity index (χ1) is 23.2. The first-order valence-electron chi connectivity index (χ1n) is 18.1. The number of carbonyl (C=O) groups excluding carboxylic acids is 2. The van der Waals surface area contributed by atoms with Gasteiger partial charge in [-0.15, -0.1) is 0 Å². The van der Waals surface area contributed by atoms with Crippen molar-refractivity contribution in [1.29, 1.82) is 0 Å². The van der Waals surface area contributed by atoms with Gasteiger partial charge in [0.1, 0.15) is 12.7 Å². The van der Waals surface area contributed by atoms with E-state index in [0.29, 0.717) is 12.8 Å². The molecule has 0 aromatic rings. The van der Waals surface area contributed by atoms with E-state index in [-0.39, 0.29) is 19.4 Å². The Kier molecular flexibility index (Phi) is 32.0. The summed E-state index contributed by atoms with van der Waals surface area (Å²) in [5.74, 6) is -0.966. The lowest BCUT2D eigenvalue weighted by Gasteiger charge is -2.20. The summed E-state index contributed by atoms with van der Waals surface area (Å²) >= 11 is 0. The highest BCUT2D eigenvalue weighted by atomic mass is 31.2. The van der Waals surface area contributed by atoms with E-state index < -0.39 is 51.8 Å². The zero-order valence-electron chi connectivity index (χ0n) is 29.7. The molecule has 0 aromatic carbocycles. The Morgan fingerprint density at radius 2 is 1.17 bits per heavy atom. The van der Waals surface area contributed by atoms with E-state index in [0.717, 1.165) is 77.0 Å². The summed E-state index contributed by atoms with van der Waals surface area (Å²) in [4.78, 5) is 34.7.